The zero-order chi connectivity index (χ0) is 15.4. The highest BCUT2D eigenvalue weighted by Gasteiger charge is 2.09. The number of carbonyl (C=O) groups excluding carboxylic acids is 1. The fourth-order valence-electron chi connectivity index (χ4n) is 1.61. The second-order valence-electron chi connectivity index (χ2n) is 4.13. The summed E-state index contributed by atoms with van der Waals surface area (Å²) in [6.07, 6.45) is 1.49. The number of nitrogens with one attached hydrogen (secondary N) is 2. The van der Waals surface area contributed by atoms with Crippen LogP contribution in [0.1, 0.15) is 10.4 Å². The van der Waals surface area contributed by atoms with E-state index in [-0.39, 0.29) is 11.9 Å². The van der Waals surface area contributed by atoms with Gasteiger partial charge in [-0.1, -0.05) is 16.7 Å². The summed E-state index contributed by atoms with van der Waals surface area (Å²) in [7, 11) is 0. The standard InChI is InChI=1S/C13H9ClN6O2/c14-9-3-6-11(15-7-9)22-10-4-1-8(2-5-10)12(21)16-13-17-19-20-18-13/h1-7H,(H2,16,17,18,19,20,21). The van der Waals surface area contributed by atoms with Crippen molar-refractivity contribution >= 4 is 23.5 Å². The molecule has 3 aromatic rings. The molecule has 0 aliphatic heterocycles. The van der Waals surface area contributed by atoms with Crippen molar-refractivity contribution in [3.63, 3.8) is 0 Å². The third-order valence-corrected chi connectivity index (χ3v) is 2.83. The molecule has 1 amide bonds. The molecular weight excluding hydrogens is 308 g/mol. The Bertz CT molecular complexity index is 758. The van der Waals surface area contributed by atoms with Gasteiger partial charge in [0.2, 0.25) is 5.88 Å². The first-order valence-corrected chi connectivity index (χ1v) is 6.53. The number of ether oxygens (including phenoxy) is 1. The third-order valence-electron chi connectivity index (χ3n) is 2.61. The molecule has 8 nitrogen and oxygen atoms in total. The van der Waals surface area contributed by atoms with Crippen molar-refractivity contribution < 1.29 is 9.53 Å². The molecule has 0 spiro atoms. The van der Waals surface area contributed by atoms with Crippen LogP contribution in [-0.4, -0.2) is 31.5 Å². The fourth-order valence-corrected chi connectivity index (χ4v) is 1.72. The predicted molar refractivity (Wildman–Crippen MR) is 77.9 cm³/mol. The van der Waals surface area contributed by atoms with E-state index in [4.69, 9.17) is 16.3 Å². The average Bonchev–Trinajstić information content (AvgIpc) is 3.03. The number of amides is 1. The second-order valence-corrected chi connectivity index (χ2v) is 4.57. The number of halogens is 1. The van der Waals surface area contributed by atoms with E-state index in [0.717, 1.165) is 0 Å². The van der Waals surface area contributed by atoms with Crippen LogP contribution in [0.2, 0.25) is 5.02 Å². The van der Waals surface area contributed by atoms with E-state index >= 15 is 0 Å². The van der Waals surface area contributed by atoms with Crippen molar-refractivity contribution in [2.75, 3.05) is 5.32 Å². The van der Waals surface area contributed by atoms with E-state index < -0.39 is 0 Å². The predicted octanol–water partition coefficient (Wildman–Crippen LogP) is 2.29. The van der Waals surface area contributed by atoms with E-state index in [1.165, 1.54) is 6.20 Å². The summed E-state index contributed by atoms with van der Waals surface area (Å²) in [6, 6.07) is 9.86. The van der Waals surface area contributed by atoms with Crippen LogP contribution in [-0.2, 0) is 0 Å². The number of hydrogen-bond acceptors (Lipinski definition) is 6. The number of tetrazole rings is 1. The maximum atomic E-state index is 11.9. The van der Waals surface area contributed by atoms with E-state index in [1.807, 2.05) is 0 Å². The first-order chi connectivity index (χ1) is 10.7. The molecule has 0 aliphatic carbocycles. The molecule has 0 unspecified atom stereocenters. The molecule has 0 saturated carbocycles. The van der Waals surface area contributed by atoms with Crippen LogP contribution in [0.25, 0.3) is 0 Å². The number of benzene rings is 1. The summed E-state index contributed by atoms with van der Waals surface area (Å²) in [4.78, 5) is 15.9. The summed E-state index contributed by atoms with van der Waals surface area (Å²) >= 11 is 5.75. The van der Waals surface area contributed by atoms with Gasteiger partial charge >= 0.3 is 0 Å². The minimum Gasteiger partial charge on any atom is -0.439 e. The zero-order valence-electron chi connectivity index (χ0n) is 11.0. The number of H-pyrrole nitrogens is 1. The van der Waals surface area contributed by atoms with E-state index in [2.05, 4.69) is 30.9 Å². The Labute approximate surface area is 129 Å². The van der Waals surface area contributed by atoms with E-state index in [9.17, 15) is 4.79 Å². The third kappa shape index (κ3) is 3.36. The maximum absolute atomic E-state index is 11.9. The number of aromatic amines is 1. The van der Waals surface area contributed by atoms with Crippen LogP contribution in [0.3, 0.4) is 0 Å². The topological polar surface area (TPSA) is 106 Å². The van der Waals surface area contributed by atoms with Gasteiger partial charge in [-0.05, 0) is 35.5 Å². The molecule has 3 rings (SSSR count). The smallest absolute Gasteiger partial charge is 0.270 e. The lowest BCUT2D eigenvalue weighted by Crippen LogP contribution is -2.12. The number of pyridine rings is 1. The van der Waals surface area contributed by atoms with Crippen LogP contribution in [0, 0.1) is 0 Å². The van der Waals surface area contributed by atoms with Gasteiger partial charge in [0.05, 0.1) is 5.02 Å². The molecule has 0 bridgehead atoms. The summed E-state index contributed by atoms with van der Waals surface area (Å²) in [5, 5.41) is 15.9. The molecule has 0 saturated heterocycles. The highest BCUT2D eigenvalue weighted by molar-refractivity contribution is 6.30. The molecule has 2 N–H and O–H groups in total. The van der Waals surface area contributed by atoms with Gasteiger partial charge in [-0.3, -0.25) is 10.1 Å². The van der Waals surface area contributed by atoms with Crippen LogP contribution < -0.4 is 10.1 Å². The first kappa shape index (κ1) is 14.0. The molecule has 0 atom stereocenters. The van der Waals surface area contributed by atoms with Crippen LogP contribution in [0.4, 0.5) is 5.95 Å². The summed E-state index contributed by atoms with van der Waals surface area (Å²) in [5.74, 6) is 0.715. The number of rotatable bonds is 4. The lowest BCUT2D eigenvalue weighted by Gasteiger charge is -2.05. The first-order valence-electron chi connectivity index (χ1n) is 6.15. The van der Waals surface area contributed by atoms with Gasteiger partial charge in [-0.15, -0.1) is 5.10 Å². The molecule has 2 heterocycles. The van der Waals surface area contributed by atoms with Crippen molar-refractivity contribution in [2.45, 2.75) is 0 Å². The van der Waals surface area contributed by atoms with Gasteiger partial charge in [0.1, 0.15) is 5.75 Å². The number of carbonyl (C=O) groups is 1. The zero-order valence-corrected chi connectivity index (χ0v) is 11.8. The molecule has 9 heteroatoms. The van der Waals surface area contributed by atoms with Gasteiger partial charge in [-0.2, -0.15) is 5.21 Å². The van der Waals surface area contributed by atoms with E-state index in [1.54, 1.807) is 36.4 Å². The fraction of sp³-hybridized carbons (Fsp3) is 0. The van der Waals surface area contributed by atoms with Crippen LogP contribution in [0.5, 0.6) is 11.6 Å². The number of hydrogen-bond donors (Lipinski definition) is 2. The summed E-state index contributed by atoms with van der Waals surface area (Å²) in [6.45, 7) is 0. The van der Waals surface area contributed by atoms with Gasteiger partial charge in [0, 0.05) is 17.8 Å². The summed E-state index contributed by atoms with van der Waals surface area (Å²) in [5.41, 5.74) is 0.432. The summed E-state index contributed by atoms with van der Waals surface area (Å²) < 4.78 is 5.53. The molecule has 0 aliphatic rings. The molecule has 110 valence electrons. The minimum atomic E-state index is -0.349. The van der Waals surface area contributed by atoms with Crippen LogP contribution >= 0.6 is 11.6 Å². The van der Waals surface area contributed by atoms with Crippen molar-refractivity contribution in [1.82, 2.24) is 25.6 Å². The Hall–Kier alpha value is -3.00. The normalized spacial score (nSPS) is 10.2. The highest BCUT2D eigenvalue weighted by Crippen LogP contribution is 2.21. The van der Waals surface area contributed by atoms with Crippen molar-refractivity contribution in [3.05, 3.63) is 53.2 Å². The minimum absolute atomic E-state index is 0.107. The van der Waals surface area contributed by atoms with Gasteiger partial charge in [0.25, 0.3) is 11.9 Å². The Morgan fingerprint density at radius 1 is 1.18 bits per heavy atom. The number of nitrogens with zero attached hydrogens (tertiary/aromatic N) is 4. The lowest BCUT2D eigenvalue weighted by molar-refractivity contribution is 0.102. The Balaban J connectivity index is 1.67. The molecular formula is C13H9ClN6O2. The number of anilines is 1. The van der Waals surface area contributed by atoms with Gasteiger partial charge in [0.15, 0.2) is 0 Å². The Kier molecular flexibility index (Phi) is 3.92. The molecule has 1 aromatic carbocycles. The lowest BCUT2D eigenvalue weighted by atomic mass is 10.2. The van der Waals surface area contributed by atoms with Crippen molar-refractivity contribution in [1.29, 1.82) is 0 Å². The monoisotopic (exact) mass is 316 g/mol. The second kappa shape index (κ2) is 6.19. The van der Waals surface area contributed by atoms with Gasteiger partial charge in [-0.25, -0.2) is 4.98 Å². The quantitative estimate of drug-likeness (QED) is 0.765. The van der Waals surface area contributed by atoms with Crippen LogP contribution in [0.15, 0.2) is 42.6 Å². The average molecular weight is 317 g/mol. The van der Waals surface area contributed by atoms with Crippen molar-refractivity contribution in [2.24, 2.45) is 0 Å². The van der Waals surface area contributed by atoms with Crippen molar-refractivity contribution in [3.8, 4) is 11.6 Å². The Morgan fingerprint density at radius 2 is 2.00 bits per heavy atom. The Morgan fingerprint density at radius 3 is 2.64 bits per heavy atom. The van der Waals surface area contributed by atoms with E-state index in [0.29, 0.717) is 22.2 Å². The van der Waals surface area contributed by atoms with Gasteiger partial charge < -0.3 is 4.74 Å². The largest absolute Gasteiger partial charge is 0.439 e. The molecule has 0 fully saturated rings. The molecule has 2 aromatic heterocycles. The maximum Gasteiger partial charge on any atom is 0.270 e. The SMILES string of the molecule is O=C(Nc1nn[nH]n1)c1ccc(Oc2ccc(Cl)cn2)cc1. The highest BCUT2D eigenvalue weighted by atomic mass is 35.5. The number of aromatic nitrogens is 5. The molecule has 22 heavy (non-hydrogen) atoms. The molecule has 0 radical (unpaired) electrons.